The standard InChI is InChI=1S/C15H22N2O3/c1-3-6-14(18)17-13-8-5-7-12(9-13)10-16-15(19)11-20-4-2/h5,7-9H,3-4,6,10-11H2,1-2H3,(H,16,19)(H,17,18). The van der Waals surface area contributed by atoms with Crippen molar-refractivity contribution in [3.63, 3.8) is 0 Å². The Morgan fingerprint density at radius 3 is 2.70 bits per heavy atom. The summed E-state index contributed by atoms with van der Waals surface area (Å²) >= 11 is 0. The van der Waals surface area contributed by atoms with Gasteiger partial charge in [-0.3, -0.25) is 9.59 Å². The topological polar surface area (TPSA) is 67.4 Å². The van der Waals surface area contributed by atoms with E-state index in [2.05, 4.69) is 10.6 Å². The third-order valence-corrected chi connectivity index (χ3v) is 2.61. The van der Waals surface area contributed by atoms with Crippen molar-refractivity contribution in [3.8, 4) is 0 Å². The van der Waals surface area contributed by atoms with Crippen molar-refractivity contribution in [2.24, 2.45) is 0 Å². The van der Waals surface area contributed by atoms with Crippen LogP contribution in [0.5, 0.6) is 0 Å². The predicted octanol–water partition coefficient (Wildman–Crippen LogP) is 2.08. The summed E-state index contributed by atoms with van der Waals surface area (Å²) in [5.74, 6) is -0.141. The van der Waals surface area contributed by atoms with Crippen molar-refractivity contribution in [1.82, 2.24) is 5.32 Å². The fourth-order valence-corrected chi connectivity index (χ4v) is 1.66. The van der Waals surface area contributed by atoms with Crippen LogP contribution < -0.4 is 10.6 Å². The molecule has 1 aromatic carbocycles. The Morgan fingerprint density at radius 1 is 1.20 bits per heavy atom. The number of rotatable bonds is 8. The first-order valence-electron chi connectivity index (χ1n) is 6.89. The molecule has 20 heavy (non-hydrogen) atoms. The molecule has 1 rings (SSSR count). The van der Waals surface area contributed by atoms with Crippen LogP contribution in [0, 0.1) is 0 Å². The van der Waals surface area contributed by atoms with Gasteiger partial charge < -0.3 is 15.4 Å². The minimum atomic E-state index is -0.146. The lowest BCUT2D eigenvalue weighted by Gasteiger charge is -2.08. The zero-order valence-corrected chi connectivity index (χ0v) is 12.1. The highest BCUT2D eigenvalue weighted by molar-refractivity contribution is 5.90. The summed E-state index contributed by atoms with van der Waals surface area (Å²) in [7, 11) is 0. The van der Waals surface area contributed by atoms with Crippen LogP contribution >= 0.6 is 0 Å². The maximum absolute atomic E-state index is 11.5. The number of hydrogen-bond donors (Lipinski definition) is 2. The Morgan fingerprint density at radius 2 is 2.00 bits per heavy atom. The molecule has 0 saturated carbocycles. The van der Waals surface area contributed by atoms with Crippen LogP contribution in [0.3, 0.4) is 0 Å². The van der Waals surface area contributed by atoms with Crippen LogP contribution in [0.1, 0.15) is 32.3 Å². The van der Waals surface area contributed by atoms with Gasteiger partial charge in [0, 0.05) is 25.3 Å². The third kappa shape index (κ3) is 6.33. The highest BCUT2D eigenvalue weighted by atomic mass is 16.5. The number of hydrogen-bond acceptors (Lipinski definition) is 3. The van der Waals surface area contributed by atoms with E-state index < -0.39 is 0 Å². The maximum Gasteiger partial charge on any atom is 0.246 e. The summed E-state index contributed by atoms with van der Waals surface area (Å²) in [6.07, 6.45) is 1.33. The lowest BCUT2D eigenvalue weighted by atomic mass is 10.2. The Bertz CT molecular complexity index is 446. The molecule has 0 unspecified atom stereocenters. The molecule has 0 fully saturated rings. The van der Waals surface area contributed by atoms with Crippen molar-refractivity contribution in [2.75, 3.05) is 18.5 Å². The van der Waals surface area contributed by atoms with Crippen molar-refractivity contribution in [1.29, 1.82) is 0 Å². The van der Waals surface area contributed by atoms with Gasteiger partial charge in [-0.25, -0.2) is 0 Å². The van der Waals surface area contributed by atoms with Gasteiger partial charge in [0.05, 0.1) is 0 Å². The number of carbonyl (C=O) groups excluding carboxylic acids is 2. The summed E-state index contributed by atoms with van der Waals surface area (Å²) < 4.78 is 5.02. The largest absolute Gasteiger partial charge is 0.372 e. The van der Waals surface area contributed by atoms with E-state index in [4.69, 9.17) is 4.74 Å². The van der Waals surface area contributed by atoms with E-state index in [-0.39, 0.29) is 18.4 Å². The molecule has 0 aliphatic rings. The quantitative estimate of drug-likeness (QED) is 0.765. The average Bonchev–Trinajstić information content (AvgIpc) is 2.43. The molecule has 0 aliphatic heterocycles. The predicted molar refractivity (Wildman–Crippen MR) is 78.3 cm³/mol. The molecule has 1 aromatic rings. The second kappa shape index (κ2) is 9.09. The number of nitrogens with one attached hydrogen (secondary N) is 2. The fraction of sp³-hybridized carbons (Fsp3) is 0.467. The van der Waals surface area contributed by atoms with Crippen molar-refractivity contribution < 1.29 is 14.3 Å². The fourth-order valence-electron chi connectivity index (χ4n) is 1.66. The van der Waals surface area contributed by atoms with Crippen molar-refractivity contribution in [3.05, 3.63) is 29.8 Å². The first-order valence-corrected chi connectivity index (χ1v) is 6.89. The highest BCUT2D eigenvalue weighted by Crippen LogP contribution is 2.11. The summed E-state index contributed by atoms with van der Waals surface area (Å²) in [6, 6.07) is 7.44. The number of anilines is 1. The van der Waals surface area contributed by atoms with Gasteiger partial charge in [-0.1, -0.05) is 19.1 Å². The van der Waals surface area contributed by atoms with E-state index in [1.54, 1.807) is 0 Å². The first-order chi connectivity index (χ1) is 9.65. The molecule has 0 radical (unpaired) electrons. The van der Waals surface area contributed by atoms with Crippen molar-refractivity contribution in [2.45, 2.75) is 33.2 Å². The molecule has 0 bridgehead atoms. The molecule has 0 aliphatic carbocycles. The zero-order valence-electron chi connectivity index (χ0n) is 12.1. The Labute approximate surface area is 119 Å². The van der Waals surface area contributed by atoms with E-state index in [0.717, 1.165) is 17.7 Å². The van der Waals surface area contributed by atoms with Crippen LogP contribution in [0.15, 0.2) is 24.3 Å². The summed E-state index contributed by atoms with van der Waals surface area (Å²) in [5.41, 5.74) is 1.68. The third-order valence-electron chi connectivity index (χ3n) is 2.61. The number of amides is 2. The van der Waals surface area contributed by atoms with Gasteiger partial charge >= 0.3 is 0 Å². The normalized spacial score (nSPS) is 10.1. The minimum Gasteiger partial charge on any atom is -0.372 e. The molecule has 5 heteroatoms. The molecule has 0 saturated heterocycles. The molecule has 0 spiro atoms. The lowest BCUT2D eigenvalue weighted by Crippen LogP contribution is -2.27. The first kappa shape index (κ1) is 16.2. The van der Waals surface area contributed by atoms with Crippen LogP contribution in [-0.4, -0.2) is 25.0 Å². The average molecular weight is 278 g/mol. The Balaban J connectivity index is 2.47. The summed E-state index contributed by atoms with van der Waals surface area (Å²) in [6.45, 7) is 4.82. The van der Waals surface area contributed by atoms with Crippen molar-refractivity contribution >= 4 is 17.5 Å². The summed E-state index contributed by atoms with van der Waals surface area (Å²) in [5, 5.41) is 5.59. The van der Waals surface area contributed by atoms with E-state index in [1.165, 1.54) is 0 Å². The van der Waals surface area contributed by atoms with E-state index in [9.17, 15) is 9.59 Å². The van der Waals surface area contributed by atoms with Crippen LogP contribution in [0.25, 0.3) is 0 Å². The molecular weight excluding hydrogens is 256 g/mol. The van der Waals surface area contributed by atoms with Gasteiger partial charge in [-0.15, -0.1) is 0 Å². The van der Waals surface area contributed by atoms with E-state index >= 15 is 0 Å². The molecule has 0 atom stereocenters. The number of ether oxygens (including phenoxy) is 1. The zero-order chi connectivity index (χ0) is 14.8. The molecule has 2 amide bonds. The number of benzene rings is 1. The Kier molecular flexibility index (Phi) is 7.35. The SMILES string of the molecule is CCCC(=O)Nc1cccc(CNC(=O)COCC)c1. The van der Waals surface area contributed by atoms with Gasteiger partial charge in [-0.05, 0) is 31.0 Å². The molecule has 110 valence electrons. The van der Waals surface area contributed by atoms with Crippen LogP contribution in [0.4, 0.5) is 5.69 Å². The molecule has 5 nitrogen and oxygen atoms in total. The lowest BCUT2D eigenvalue weighted by molar-refractivity contribution is -0.125. The van der Waals surface area contributed by atoms with E-state index in [1.807, 2.05) is 38.1 Å². The molecule has 0 aromatic heterocycles. The molecule has 2 N–H and O–H groups in total. The molecule has 0 heterocycles. The Hall–Kier alpha value is -1.88. The number of carbonyl (C=O) groups is 2. The van der Waals surface area contributed by atoms with Gasteiger partial charge in [0.15, 0.2) is 0 Å². The van der Waals surface area contributed by atoms with Gasteiger partial charge in [0.2, 0.25) is 11.8 Å². The minimum absolute atomic E-state index is 0.00466. The monoisotopic (exact) mass is 278 g/mol. The second-order valence-electron chi connectivity index (χ2n) is 4.41. The van der Waals surface area contributed by atoms with Gasteiger partial charge in [0.25, 0.3) is 0 Å². The second-order valence-corrected chi connectivity index (χ2v) is 4.41. The summed E-state index contributed by atoms with van der Waals surface area (Å²) in [4.78, 5) is 22.9. The maximum atomic E-state index is 11.5. The highest BCUT2D eigenvalue weighted by Gasteiger charge is 2.03. The van der Waals surface area contributed by atoms with Gasteiger partial charge in [-0.2, -0.15) is 0 Å². The van der Waals surface area contributed by atoms with Gasteiger partial charge in [0.1, 0.15) is 6.61 Å². The van der Waals surface area contributed by atoms with Crippen LogP contribution in [0.2, 0.25) is 0 Å². The smallest absolute Gasteiger partial charge is 0.246 e. The van der Waals surface area contributed by atoms with E-state index in [0.29, 0.717) is 19.6 Å². The molecular formula is C15H22N2O3. The van der Waals surface area contributed by atoms with Crippen LogP contribution in [-0.2, 0) is 20.9 Å².